The summed E-state index contributed by atoms with van der Waals surface area (Å²) in [5.74, 6) is 0.445. The number of aliphatic hydroxyl groups excluding tert-OH is 1. The van der Waals surface area contributed by atoms with Gasteiger partial charge in [-0.05, 0) is 44.6 Å². The van der Waals surface area contributed by atoms with Gasteiger partial charge in [0.1, 0.15) is 6.61 Å². The molecule has 1 aliphatic heterocycles. The zero-order valence-corrected chi connectivity index (χ0v) is 13.9. The van der Waals surface area contributed by atoms with Gasteiger partial charge in [-0.2, -0.15) is 0 Å². The fourth-order valence-electron chi connectivity index (χ4n) is 3.25. The van der Waals surface area contributed by atoms with Crippen LogP contribution in [0.1, 0.15) is 38.7 Å². The number of amides is 1. The lowest BCUT2D eigenvalue weighted by Gasteiger charge is -2.33. The summed E-state index contributed by atoms with van der Waals surface area (Å²) in [5, 5.41) is 12.3. The van der Waals surface area contributed by atoms with Crippen LogP contribution < -0.4 is 5.32 Å². The average molecular weight is 321 g/mol. The first-order chi connectivity index (χ1) is 11.1. The van der Waals surface area contributed by atoms with Crippen LogP contribution in [0.5, 0.6) is 0 Å². The van der Waals surface area contributed by atoms with Crippen molar-refractivity contribution in [3.63, 3.8) is 0 Å². The lowest BCUT2D eigenvalue weighted by atomic mass is 9.87. The fraction of sp³-hybridized carbons (Fsp3) is 0.611. The highest BCUT2D eigenvalue weighted by atomic mass is 16.5. The van der Waals surface area contributed by atoms with Crippen LogP contribution in [0.25, 0.3) is 0 Å². The van der Waals surface area contributed by atoms with Crippen LogP contribution in [0, 0.1) is 5.92 Å². The number of hydrogen-bond acceptors (Lipinski definition) is 4. The Labute approximate surface area is 138 Å². The molecule has 5 nitrogen and oxygen atoms in total. The summed E-state index contributed by atoms with van der Waals surface area (Å²) in [6, 6.07) is 9.26. The van der Waals surface area contributed by atoms with Crippen LogP contribution in [0.2, 0.25) is 0 Å². The third-order valence-corrected chi connectivity index (χ3v) is 4.17. The molecule has 0 aliphatic carbocycles. The summed E-state index contributed by atoms with van der Waals surface area (Å²) in [7, 11) is 0. The molecule has 128 valence electrons. The summed E-state index contributed by atoms with van der Waals surface area (Å²) in [4.78, 5) is 11.9. The molecular weight excluding hydrogens is 294 g/mol. The maximum atomic E-state index is 11.9. The minimum atomic E-state index is -0.485. The first-order valence-corrected chi connectivity index (χ1v) is 8.30. The lowest BCUT2D eigenvalue weighted by Crippen LogP contribution is -2.41. The van der Waals surface area contributed by atoms with Gasteiger partial charge in [0.25, 0.3) is 0 Å². The molecular formula is C18H27NO4. The molecule has 0 radical (unpaired) electrons. The predicted molar refractivity (Wildman–Crippen MR) is 88.0 cm³/mol. The summed E-state index contributed by atoms with van der Waals surface area (Å²) in [6.07, 6.45) is 2.64. The number of nitrogens with one attached hydrogen (secondary N) is 1. The van der Waals surface area contributed by atoms with Gasteiger partial charge in [0.05, 0.1) is 24.9 Å². The molecule has 1 saturated heterocycles. The number of carbonyl (C=O) groups is 1. The second-order valence-corrected chi connectivity index (χ2v) is 6.42. The van der Waals surface area contributed by atoms with Crippen molar-refractivity contribution in [2.24, 2.45) is 5.92 Å². The molecule has 2 N–H and O–H groups in total. The Bertz CT molecular complexity index is 469. The topological polar surface area (TPSA) is 67.8 Å². The Morgan fingerprint density at radius 1 is 1.30 bits per heavy atom. The third-order valence-electron chi connectivity index (χ3n) is 4.17. The normalized spacial score (nSPS) is 25.6. The van der Waals surface area contributed by atoms with Crippen LogP contribution in [0.15, 0.2) is 30.3 Å². The SMILES string of the molecule is CC1CC(CC(CO)NC(=O)OCc2ccccc2)C[C@@H](C)O1. The minimum absolute atomic E-state index is 0.0828. The number of alkyl carbamates (subject to hydrolysis) is 1. The van der Waals surface area contributed by atoms with E-state index in [0.29, 0.717) is 5.92 Å². The Morgan fingerprint density at radius 3 is 2.57 bits per heavy atom. The zero-order chi connectivity index (χ0) is 16.7. The van der Waals surface area contributed by atoms with E-state index in [1.54, 1.807) is 0 Å². The first kappa shape index (κ1) is 17.8. The van der Waals surface area contributed by atoms with Crippen LogP contribution in [0.3, 0.4) is 0 Å². The van der Waals surface area contributed by atoms with Crippen LogP contribution in [-0.2, 0) is 16.1 Å². The van der Waals surface area contributed by atoms with Gasteiger partial charge in [0.2, 0.25) is 0 Å². The number of aliphatic hydroxyl groups is 1. The largest absolute Gasteiger partial charge is 0.445 e. The minimum Gasteiger partial charge on any atom is -0.445 e. The number of rotatable bonds is 6. The van der Waals surface area contributed by atoms with Crippen LogP contribution in [-0.4, -0.2) is 36.1 Å². The smallest absolute Gasteiger partial charge is 0.407 e. The van der Waals surface area contributed by atoms with Gasteiger partial charge in [0.15, 0.2) is 0 Å². The average Bonchev–Trinajstić information content (AvgIpc) is 2.52. The Hall–Kier alpha value is -1.59. The molecule has 0 aromatic heterocycles. The van der Waals surface area contributed by atoms with Gasteiger partial charge in [0, 0.05) is 0 Å². The van der Waals surface area contributed by atoms with Gasteiger partial charge in [-0.1, -0.05) is 30.3 Å². The van der Waals surface area contributed by atoms with Crippen LogP contribution >= 0.6 is 0 Å². The number of hydrogen-bond donors (Lipinski definition) is 2. The quantitative estimate of drug-likeness (QED) is 0.845. The number of ether oxygens (including phenoxy) is 2. The standard InChI is InChI=1S/C18H27NO4/c1-13-8-16(9-14(2)23-13)10-17(11-20)19-18(21)22-12-15-6-4-3-5-7-15/h3-7,13-14,16-17,20H,8-12H2,1-2H3,(H,19,21)/t13-,14?,16?,17?/m1/s1. The molecule has 23 heavy (non-hydrogen) atoms. The Balaban J connectivity index is 1.76. The summed E-state index contributed by atoms with van der Waals surface area (Å²) in [5.41, 5.74) is 0.940. The highest BCUT2D eigenvalue weighted by Crippen LogP contribution is 2.28. The van der Waals surface area contributed by atoms with Gasteiger partial charge in [-0.25, -0.2) is 4.79 Å². The summed E-state index contributed by atoms with van der Waals surface area (Å²) >= 11 is 0. The molecule has 2 rings (SSSR count). The second kappa shape index (κ2) is 8.89. The molecule has 1 aromatic rings. The second-order valence-electron chi connectivity index (χ2n) is 6.42. The Morgan fingerprint density at radius 2 is 1.96 bits per heavy atom. The van der Waals surface area contributed by atoms with E-state index in [0.717, 1.165) is 24.8 Å². The molecule has 5 heteroatoms. The van der Waals surface area contributed by atoms with E-state index in [1.165, 1.54) is 0 Å². The summed E-state index contributed by atoms with van der Waals surface area (Å²) < 4.78 is 10.9. The maximum absolute atomic E-state index is 11.9. The van der Waals surface area contributed by atoms with Crippen molar-refractivity contribution in [3.8, 4) is 0 Å². The van der Waals surface area contributed by atoms with Gasteiger partial charge in [-0.3, -0.25) is 0 Å². The van der Waals surface area contributed by atoms with E-state index >= 15 is 0 Å². The highest BCUT2D eigenvalue weighted by molar-refractivity contribution is 5.67. The van der Waals surface area contributed by atoms with E-state index in [1.807, 2.05) is 30.3 Å². The highest BCUT2D eigenvalue weighted by Gasteiger charge is 2.27. The molecule has 1 aromatic carbocycles. The Kier molecular flexibility index (Phi) is 6.86. The van der Waals surface area contributed by atoms with Crippen molar-refractivity contribution in [1.82, 2.24) is 5.32 Å². The summed E-state index contributed by atoms with van der Waals surface area (Å²) in [6.45, 7) is 4.28. The van der Waals surface area contributed by atoms with E-state index < -0.39 is 6.09 Å². The van der Waals surface area contributed by atoms with Crippen molar-refractivity contribution in [3.05, 3.63) is 35.9 Å². The molecule has 0 spiro atoms. The van der Waals surface area contributed by atoms with Gasteiger partial charge in [-0.15, -0.1) is 0 Å². The van der Waals surface area contributed by atoms with E-state index in [4.69, 9.17) is 9.47 Å². The van der Waals surface area contributed by atoms with Crippen LogP contribution in [0.4, 0.5) is 4.79 Å². The third kappa shape index (κ3) is 6.20. The first-order valence-electron chi connectivity index (χ1n) is 8.30. The van der Waals surface area contributed by atoms with Gasteiger partial charge >= 0.3 is 6.09 Å². The predicted octanol–water partition coefficient (Wildman–Crippen LogP) is 2.87. The molecule has 1 fully saturated rings. The van der Waals surface area contributed by atoms with Crippen molar-refractivity contribution < 1.29 is 19.4 Å². The number of benzene rings is 1. The zero-order valence-electron chi connectivity index (χ0n) is 13.9. The number of carbonyl (C=O) groups excluding carboxylic acids is 1. The monoisotopic (exact) mass is 321 g/mol. The molecule has 1 amide bonds. The molecule has 1 heterocycles. The fourth-order valence-corrected chi connectivity index (χ4v) is 3.25. The van der Waals surface area contributed by atoms with E-state index in [-0.39, 0.29) is 31.5 Å². The lowest BCUT2D eigenvalue weighted by molar-refractivity contribution is -0.0556. The van der Waals surface area contributed by atoms with Crippen molar-refractivity contribution in [2.75, 3.05) is 6.61 Å². The molecule has 4 atom stereocenters. The van der Waals surface area contributed by atoms with Crippen molar-refractivity contribution in [1.29, 1.82) is 0 Å². The van der Waals surface area contributed by atoms with Crippen molar-refractivity contribution in [2.45, 2.75) is 58.0 Å². The maximum Gasteiger partial charge on any atom is 0.407 e. The van der Waals surface area contributed by atoms with E-state index in [9.17, 15) is 9.90 Å². The van der Waals surface area contributed by atoms with Gasteiger partial charge < -0.3 is 19.9 Å². The molecule has 3 unspecified atom stereocenters. The van der Waals surface area contributed by atoms with Crippen molar-refractivity contribution >= 4 is 6.09 Å². The van der Waals surface area contributed by atoms with E-state index in [2.05, 4.69) is 19.2 Å². The molecule has 0 saturated carbocycles. The molecule has 0 bridgehead atoms. The molecule has 1 aliphatic rings.